The van der Waals surface area contributed by atoms with E-state index < -0.39 is 0 Å². The number of ether oxygens (including phenoxy) is 1. The molecule has 0 aromatic heterocycles. The van der Waals surface area contributed by atoms with Crippen LogP contribution >= 0.6 is 23.2 Å². The molecule has 0 heterocycles. The maximum absolute atomic E-state index is 12.1. The zero-order valence-corrected chi connectivity index (χ0v) is 12.1. The number of methoxy groups -OCH3 is 1. The largest absolute Gasteiger partial charge is 0.495 e. The molecule has 0 spiro atoms. The topological polar surface area (TPSA) is 64.3 Å². The van der Waals surface area contributed by atoms with Crippen molar-refractivity contribution in [1.82, 2.24) is 0 Å². The summed E-state index contributed by atoms with van der Waals surface area (Å²) in [6.07, 6.45) is 0. The molecule has 0 fully saturated rings. The van der Waals surface area contributed by atoms with Gasteiger partial charge in [0.25, 0.3) is 5.91 Å². The van der Waals surface area contributed by atoms with E-state index in [4.69, 9.17) is 33.7 Å². The molecule has 2 rings (SSSR count). The summed E-state index contributed by atoms with van der Waals surface area (Å²) in [5, 5.41) is 3.52. The average Bonchev–Trinajstić information content (AvgIpc) is 2.39. The Morgan fingerprint density at radius 1 is 1.15 bits per heavy atom. The van der Waals surface area contributed by atoms with E-state index in [1.807, 2.05) is 0 Å². The number of halogens is 2. The summed E-state index contributed by atoms with van der Waals surface area (Å²) in [6, 6.07) is 9.61. The van der Waals surface area contributed by atoms with Crippen molar-refractivity contribution in [3.8, 4) is 5.75 Å². The lowest BCUT2D eigenvalue weighted by molar-refractivity contribution is 0.102. The Labute approximate surface area is 126 Å². The fourth-order valence-electron chi connectivity index (χ4n) is 1.68. The lowest BCUT2D eigenvalue weighted by atomic mass is 10.2. The number of carbonyl (C=O) groups excluding carboxylic acids is 1. The summed E-state index contributed by atoms with van der Waals surface area (Å²) < 4.78 is 5.09. The Bertz CT molecular complexity index is 639. The molecule has 2 aromatic carbocycles. The van der Waals surface area contributed by atoms with Crippen LogP contribution in [0.15, 0.2) is 36.4 Å². The number of nitrogens with two attached hydrogens (primary N) is 1. The van der Waals surface area contributed by atoms with Gasteiger partial charge in [0.2, 0.25) is 0 Å². The van der Waals surface area contributed by atoms with Crippen molar-refractivity contribution in [1.29, 1.82) is 0 Å². The minimum Gasteiger partial charge on any atom is -0.495 e. The molecule has 0 atom stereocenters. The monoisotopic (exact) mass is 310 g/mol. The van der Waals surface area contributed by atoms with Crippen LogP contribution in [0.1, 0.15) is 10.4 Å². The van der Waals surface area contributed by atoms with Gasteiger partial charge in [0.1, 0.15) is 5.75 Å². The van der Waals surface area contributed by atoms with Gasteiger partial charge in [0, 0.05) is 27.4 Å². The predicted molar refractivity (Wildman–Crippen MR) is 81.8 cm³/mol. The highest BCUT2D eigenvalue weighted by atomic mass is 35.5. The molecule has 0 radical (unpaired) electrons. The number of hydrogen-bond acceptors (Lipinski definition) is 3. The highest BCUT2D eigenvalue weighted by Gasteiger charge is 2.09. The second-order valence-electron chi connectivity index (χ2n) is 4.07. The van der Waals surface area contributed by atoms with Crippen LogP contribution in [-0.4, -0.2) is 13.0 Å². The van der Waals surface area contributed by atoms with Crippen molar-refractivity contribution in [3.63, 3.8) is 0 Å². The molecule has 2 aromatic rings. The SMILES string of the molecule is COc1cc(NC(=O)c2cc(Cl)cc(Cl)c2)ccc1N. The van der Waals surface area contributed by atoms with Crippen LogP contribution in [0.3, 0.4) is 0 Å². The highest BCUT2D eigenvalue weighted by Crippen LogP contribution is 2.26. The van der Waals surface area contributed by atoms with Crippen LogP contribution in [0.2, 0.25) is 10.0 Å². The van der Waals surface area contributed by atoms with Gasteiger partial charge in [-0.2, -0.15) is 0 Å². The van der Waals surface area contributed by atoms with Crippen LogP contribution < -0.4 is 15.8 Å². The molecular formula is C14H12Cl2N2O2. The normalized spacial score (nSPS) is 10.2. The molecule has 0 aliphatic rings. The molecule has 1 amide bonds. The van der Waals surface area contributed by atoms with E-state index in [9.17, 15) is 4.79 Å². The molecule has 20 heavy (non-hydrogen) atoms. The van der Waals surface area contributed by atoms with Gasteiger partial charge in [-0.15, -0.1) is 0 Å². The summed E-state index contributed by atoms with van der Waals surface area (Å²) in [7, 11) is 1.51. The van der Waals surface area contributed by atoms with Crippen LogP contribution in [-0.2, 0) is 0 Å². The van der Waals surface area contributed by atoms with Gasteiger partial charge in [0.05, 0.1) is 12.8 Å². The molecule has 4 nitrogen and oxygen atoms in total. The van der Waals surface area contributed by atoms with Crippen LogP contribution in [0.4, 0.5) is 11.4 Å². The molecule has 3 N–H and O–H groups in total. The number of rotatable bonds is 3. The molecule has 0 bridgehead atoms. The Kier molecular flexibility index (Phi) is 4.37. The van der Waals surface area contributed by atoms with Gasteiger partial charge in [-0.05, 0) is 30.3 Å². The Morgan fingerprint density at radius 3 is 2.40 bits per heavy atom. The summed E-state index contributed by atoms with van der Waals surface area (Å²) in [6.45, 7) is 0. The lowest BCUT2D eigenvalue weighted by Gasteiger charge is -2.09. The third kappa shape index (κ3) is 3.35. The van der Waals surface area contributed by atoms with E-state index in [2.05, 4.69) is 5.32 Å². The predicted octanol–water partition coefficient (Wildman–Crippen LogP) is 3.84. The van der Waals surface area contributed by atoms with E-state index in [-0.39, 0.29) is 5.91 Å². The smallest absolute Gasteiger partial charge is 0.255 e. The molecule has 0 saturated carbocycles. The molecule has 104 valence electrons. The lowest BCUT2D eigenvalue weighted by Crippen LogP contribution is -2.12. The van der Waals surface area contributed by atoms with Gasteiger partial charge in [-0.25, -0.2) is 0 Å². The Balaban J connectivity index is 2.23. The van der Waals surface area contributed by atoms with Gasteiger partial charge >= 0.3 is 0 Å². The maximum atomic E-state index is 12.1. The van der Waals surface area contributed by atoms with Crippen molar-refractivity contribution in [3.05, 3.63) is 52.0 Å². The average molecular weight is 311 g/mol. The van der Waals surface area contributed by atoms with Crippen molar-refractivity contribution >= 4 is 40.5 Å². The molecule has 6 heteroatoms. The molecule has 0 aliphatic heterocycles. The summed E-state index contributed by atoms with van der Waals surface area (Å²) >= 11 is 11.7. The number of carbonyl (C=O) groups is 1. The number of amides is 1. The first-order valence-electron chi connectivity index (χ1n) is 5.70. The van der Waals surface area contributed by atoms with E-state index >= 15 is 0 Å². The second kappa shape index (κ2) is 6.03. The Hall–Kier alpha value is -1.91. The van der Waals surface area contributed by atoms with Crippen molar-refractivity contribution in [2.75, 3.05) is 18.2 Å². The highest BCUT2D eigenvalue weighted by molar-refractivity contribution is 6.35. The molecule has 0 unspecified atom stereocenters. The number of anilines is 2. The first-order chi connectivity index (χ1) is 9.49. The number of nitrogen functional groups attached to an aromatic ring is 1. The fourth-order valence-corrected chi connectivity index (χ4v) is 2.20. The molecular weight excluding hydrogens is 299 g/mol. The minimum absolute atomic E-state index is 0.318. The quantitative estimate of drug-likeness (QED) is 0.847. The fraction of sp³-hybridized carbons (Fsp3) is 0.0714. The Morgan fingerprint density at radius 2 is 1.80 bits per heavy atom. The van der Waals surface area contributed by atoms with Gasteiger partial charge in [0.15, 0.2) is 0 Å². The standard InChI is InChI=1S/C14H12Cl2N2O2/c1-20-13-7-11(2-3-12(13)17)18-14(19)8-4-9(15)6-10(16)5-8/h2-7H,17H2,1H3,(H,18,19). The second-order valence-corrected chi connectivity index (χ2v) is 4.94. The summed E-state index contributed by atoms with van der Waals surface area (Å²) in [5.74, 6) is 0.174. The minimum atomic E-state index is -0.318. The van der Waals surface area contributed by atoms with Gasteiger partial charge in [-0.1, -0.05) is 23.2 Å². The number of hydrogen-bond donors (Lipinski definition) is 2. The molecule has 0 saturated heterocycles. The molecule has 0 aliphatic carbocycles. The third-order valence-electron chi connectivity index (χ3n) is 2.62. The van der Waals surface area contributed by atoms with E-state index in [1.54, 1.807) is 24.3 Å². The zero-order chi connectivity index (χ0) is 14.7. The van der Waals surface area contributed by atoms with Crippen molar-refractivity contribution in [2.45, 2.75) is 0 Å². The number of nitrogens with one attached hydrogen (secondary N) is 1. The van der Waals surface area contributed by atoms with E-state index in [1.165, 1.54) is 19.2 Å². The summed E-state index contributed by atoms with van der Waals surface area (Å²) in [5.41, 5.74) is 7.15. The van der Waals surface area contributed by atoms with Crippen molar-refractivity contribution in [2.24, 2.45) is 0 Å². The van der Waals surface area contributed by atoms with E-state index in [0.717, 1.165) is 0 Å². The van der Waals surface area contributed by atoms with Crippen molar-refractivity contribution < 1.29 is 9.53 Å². The van der Waals surface area contributed by atoms with E-state index in [0.29, 0.717) is 32.7 Å². The van der Waals surface area contributed by atoms with Crippen LogP contribution in [0, 0.1) is 0 Å². The first kappa shape index (κ1) is 14.5. The maximum Gasteiger partial charge on any atom is 0.255 e. The van der Waals surface area contributed by atoms with Gasteiger partial charge < -0.3 is 15.8 Å². The zero-order valence-electron chi connectivity index (χ0n) is 10.6. The summed E-state index contributed by atoms with van der Waals surface area (Å²) in [4.78, 5) is 12.1. The number of benzene rings is 2. The first-order valence-corrected chi connectivity index (χ1v) is 6.46. The third-order valence-corrected chi connectivity index (χ3v) is 3.05. The van der Waals surface area contributed by atoms with Crippen LogP contribution in [0.25, 0.3) is 0 Å². The van der Waals surface area contributed by atoms with Gasteiger partial charge in [-0.3, -0.25) is 4.79 Å². The van der Waals surface area contributed by atoms with Crippen LogP contribution in [0.5, 0.6) is 5.75 Å².